The van der Waals surface area contributed by atoms with E-state index in [2.05, 4.69) is 39.6 Å². The van der Waals surface area contributed by atoms with Crippen molar-refractivity contribution in [2.75, 3.05) is 5.32 Å². The molecule has 6 heteroatoms. The Labute approximate surface area is 178 Å². The maximum atomic E-state index is 6.17. The highest BCUT2D eigenvalue weighted by atomic mass is 32.1. The smallest absolute Gasteiger partial charge is 0.210 e. The van der Waals surface area contributed by atoms with Gasteiger partial charge in [-0.3, -0.25) is 4.98 Å². The van der Waals surface area contributed by atoms with E-state index in [4.69, 9.17) is 4.74 Å². The number of pyridine rings is 1. The van der Waals surface area contributed by atoms with Gasteiger partial charge in [-0.1, -0.05) is 47.7 Å². The predicted molar refractivity (Wildman–Crippen MR) is 122 cm³/mol. The first-order chi connectivity index (χ1) is 14.7. The van der Waals surface area contributed by atoms with Crippen molar-refractivity contribution in [2.45, 2.75) is 6.92 Å². The van der Waals surface area contributed by atoms with Crippen molar-refractivity contribution in [3.63, 3.8) is 0 Å². The van der Waals surface area contributed by atoms with Gasteiger partial charge in [0.15, 0.2) is 0 Å². The molecule has 0 spiro atoms. The molecule has 0 bridgehead atoms. The summed E-state index contributed by atoms with van der Waals surface area (Å²) in [6, 6.07) is 25.9. The van der Waals surface area contributed by atoms with E-state index >= 15 is 0 Å². The molecule has 1 N–H and O–H groups in total. The monoisotopic (exact) mass is 410 g/mol. The zero-order chi connectivity index (χ0) is 20.3. The lowest BCUT2D eigenvalue weighted by Crippen LogP contribution is -1.89. The van der Waals surface area contributed by atoms with Crippen LogP contribution < -0.4 is 10.1 Å². The van der Waals surface area contributed by atoms with E-state index in [1.165, 1.54) is 16.9 Å². The molecule has 0 atom stereocenters. The van der Waals surface area contributed by atoms with Crippen molar-refractivity contribution >= 4 is 33.1 Å². The van der Waals surface area contributed by atoms with E-state index < -0.39 is 0 Å². The third kappa shape index (κ3) is 3.86. The SMILES string of the molecule is Cc1cccc(Nc2nnc(-c3cccc(Oc4ccnc5ccccc45)c3)s2)c1. The molecule has 5 nitrogen and oxygen atoms in total. The van der Waals surface area contributed by atoms with Crippen molar-refractivity contribution in [3.8, 4) is 22.1 Å². The molecule has 0 aliphatic heterocycles. The van der Waals surface area contributed by atoms with Crippen molar-refractivity contribution in [3.05, 3.63) is 90.6 Å². The summed E-state index contributed by atoms with van der Waals surface area (Å²) in [7, 11) is 0. The highest BCUT2D eigenvalue weighted by molar-refractivity contribution is 7.18. The number of nitrogens with one attached hydrogen (secondary N) is 1. The minimum Gasteiger partial charge on any atom is -0.457 e. The minimum absolute atomic E-state index is 0.743. The number of fused-ring (bicyclic) bond motifs is 1. The second-order valence-electron chi connectivity index (χ2n) is 6.86. The maximum Gasteiger partial charge on any atom is 0.210 e. The van der Waals surface area contributed by atoms with Crippen molar-refractivity contribution in [1.29, 1.82) is 0 Å². The zero-order valence-corrected chi connectivity index (χ0v) is 17.1. The Morgan fingerprint density at radius 3 is 2.70 bits per heavy atom. The molecule has 0 amide bonds. The summed E-state index contributed by atoms with van der Waals surface area (Å²) in [4.78, 5) is 4.39. The Balaban J connectivity index is 1.39. The molecule has 5 aromatic rings. The van der Waals surface area contributed by atoms with Crippen LogP contribution in [0.2, 0.25) is 0 Å². The van der Waals surface area contributed by atoms with Crippen molar-refractivity contribution < 1.29 is 4.74 Å². The zero-order valence-electron chi connectivity index (χ0n) is 16.2. The fourth-order valence-electron chi connectivity index (χ4n) is 3.21. The summed E-state index contributed by atoms with van der Waals surface area (Å²) in [5, 5.41) is 14.5. The minimum atomic E-state index is 0.743. The lowest BCUT2D eigenvalue weighted by atomic mass is 10.2. The summed E-state index contributed by atoms with van der Waals surface area (Å²) in [6.45, 7) is 2.06. The van der Waals surface area contributed by atoms with Crippen LogP contribution in [0.15, 0.2) is 85.1 Å². The van der Waals surface area contributed by atoms with E-state index in [0.29, 0.717) is 0 Å². The molecule has 146 valence electrons. The van der Waals surface area contributed by atoms with Crippen LogP contribution in [0.5, 0.6) is 11.5 Å². The van der Waals surface area contributed by atoms with Gasteiger partial charge < -0.3 is 10.1 Å². The van der Waals surface area contributed by atoms with Crippen LogP contribution in [-0.2, 0) is 0 Å². The Kier molecular flexibility index (Phi) is 4.83. The molecule has 30 heavy (non-hydrogen) atoms. The van der Waals surface area contributed by atoms with Crippen LogP contribution in [0, 0.1) is 6.92 Å². The van der Waals surface area contributed by atoms with E-state index in [0.717, 1.165) is 43.8 Å². The average molecular weight is 411 g/mol. The Hall–Kier alpha value is -3.77. The summed E-state index contributed by atoms with van der Waals surface area (Å²) in [5.41, 5.74) is 4.06. The number of nitrogens with zero attached hydrogens (tertiary/aromatic N) is 3. The van der Waals surface area contributed by atoms with Gasteiger partial charge in [-0.05, 0) is 55.0 Å². The highest BCUT2D eigenvalue weighted by Crippen LogP contribution is 2.33. The molecule has 0 unspecified atom stereocenters. The Morgan fingerprint density at radius 1 is 0.867 bits per heavy atom. The third-order valence-corrected chi connectivity index (χ3v) is 5.50. The van der Waals surface area contributed by atoms with E-state index in [1.54, 1.807) is 6.20 Å². The normalized spacial score (nSPS) is 10.8. The second-order valence-corrected chi connectivity index (χ2v) is 7.84. The van der Waals surface area contributed by atoms with Gasteiger partial charge in [0, 0.05) is 22.8 Å². The van der Waals surface area contributed by atoms with Crippen LogP contribution >= 0.6 is 11.3 Å². The van der Waals surface area contributed by atoms with Crippen LogP contribution in [0.1, 0.15) is 5.56 Å². The number of rotatable bonds is 5. The first kappa shape index (κ1) is 18.3. The lowest BCUT2D eigenvalue weighted by molar-refractivity contribution is 0.488. The van der Waals surface area contributed by atoms with Crippen molar-refractivity contribution in [1.82, 2.24) is 15.2 Å². The third-order valence-electron chi connectivity index (χ3n) is 4.61. The quantitative estimate of drug-likeness (QED) is 0.354. The standard InChI is InChI=1S/C24H18N4OS/c1-16-6-4-8-18(14-16)26-24-28-27-23(30-24)17-7-5-9-19(15-17)29-22-12-13-25-21-11-3-2-10-20(21)22/h2-15H,1H3,(H,26,28). The number of hydrogen-bond donors (Lipinski definition) is 1. The summed E-state index contributed by atoms with van der Waals surface area (Å²) in [5.74, 6) is 1.52. The van der Waals surface area contributed by atoms with Crippen LogP contribution in [-0.4, -0.2) is 15.2 Å². The molecule has 0 aliphatic rings. The molecular weight excluding hydrogens is 392 g/mol. The molecule has 2 heterocycles. The fraction of sp³-hybridized carbons (Fsp3) is 0.0417. The summed E-state index contributed by atoms with van der Waals surface area (Å²) in [6.07, 6.45) is 1.76. The maximum absolute atomic E-state index is 6.17. The van der Waals surface area contributed by atoms with Gasteiger partial charge in [-0.2, -0.15) is 0 Å². The first-order valence-electron chi connectivity index (χ1n) is 9.54. The van der Waals surface area contributed by atoms with Gasteiger partial charge in [-0.25, -0.2) is 0 Å². The molecule has 0 fully saturated rings. The summed E-state index contributed by atoms with van der Waals surface area (Å²) < 4.78 is 6.17. The van der Waals surface area contributed by atoms with Gasteiger partial charge in [0.1, 0.15) is 16.5 Å². The Morgan fingerprint density at radius 2 is 1.77 bits per heavy atom. The van der Waals surface area contributed by atoms with Gasteiger partial charge in [0.2, 0.25) is 5.13 Å². The van der Waals surface area contributed by atoms with Crippen LogP contribution in [0.25, 0.3) is 21.5 Å². The van der Waals surface area contributed by atoms with Gasteiger partial charge in [0.05, 0.1) is 5.52 Å². The van der Waals surface area contributed by atoms with Gasteiger partial charge >= 0.3 is 0 Å². The molecule has 0 saturated carbocycles. The number of para-hydroxylation sites is 1. The molecule has 0 radical (unpaired) electrons. The van der Waals surface area contributed by atoms with Crippen LogP contribution in [0.3, 0.4) is 0 Å². The average Bonchev–Trinajstić information content (AvgIpc) is 3.23. The number of aryl methyl sites for hydroxylation is 1. The number of aromatic nitrogens is 3. The topological polar surface area (TPSA) is 59.9 Å². The molecule has 2 aromatic heterocycles. The fourth-order valence-corrected chi connectivity index (χ4v) is 3.98. The van der Waals surface area contributed by atoms with E-state index in [1.807, 2.05) is 66.7 Å². The lowest BCUT2D eigenvalue weighted by Gasteiger charge is -2.09. The van der Waals surface area contributed by atoms with Crippen molar-refractivity contribution in [2.24, 2.45) is 0 Å². The number of anilines is 2. The molecule has 5 rings (SSSR count). The van der Waals surface area contributed by atoms with Gasteiger partial charge in [-0.15, -0.1) is 10.2 Å². The highest BCUT2D eigenvalue weighted by Gasteiger charge is 2.10. The number of benzene rings is 3. The Bertz CT molecular complexity index is 1330. The molecule has 0 saturated heterocycles. The molecule has 0 aliphatic carbocycles. The van der Waals surface area contributed by atoms with E-state index in [9.17, 15) is 0 Å². The second kappa shape index (κ2) is 7.93. The van der Waals surface area contributed by atoms with Gasteiger partial charge in [0.25, 0.3) is 0 Å². The number of hydrogen-bond acceptors (Lipinski definition) is 6. The first-order valence-corrected chi connectivity index (χ1v) is 10.4. The van der Waals surface area contributed by atoms with E-state index in [-0.39, 0.29) is 0 Å². The summed E-state index contributed by atoms with van der Waals surface area (Å²) >= 11 is 1.51. The predicted octanol–water partition coefficient (Wildman–Crippen LogP) is 6.60. The molecule has 3 aromatic carbocycles. The molecular formula is C24H18N4OS. The number of ether oxygens (including phenoxy) is 1. The van der Waals surface area contributed by atoms with Crippen LogP contribution in [0.4, 0.5) is 10.8 Å². The largest absolute Gasteiger partial charge is 0.457 e.